The van der Waals surface area contributed by atoms with Crippen LogP contribution in [0.15, 0.2) is 53.4 Å². The van der Waals surface area contributed by atoms with Gasteiger partial charge in [-0.15, -0.1) is 11.8 Å². The van der Waals surface area contributed by atoms with Crippen molar-refractivity contribution in [2.75, 3.05) is 22.5 Å². The summed E-state index contributed by atoms with van der Waals surface area (Å²) in [4.78, 5) is 50.1. The summed E-state index contributed by atoms with van der Waals surface area (Å²) in [6, 6.07) is 13.3. The Morgan fingerprint density at radius 2 is 1.86 bits per heavy atom. The summed E-state index contributed by atoms with van der Waals surface area (Å²) in [6.45, 7) is 1.16. The summed E-state index contributed by atoms with van der Waals surface area (Å²) in [5.74, 6) is -1.76. The fraction of sp³-hybridized carbons (Fsp3) is 0.200. The lowest BCUT2D eigenvalue weighted by atomic mass is 10.2. The smallest absolute Gasteiger partial charge is 0.326 e. The quantitative estimate of drug-likeness (QED) is 0.697. The fourth-order valence-electron chi connectivity index (χ4n) is 2.71. The molecule has 2 aromatic carbocycles. The second kappa shape index (κ2) is 8.78. The van der Waals surface area contributed by atoms with Gasteiger partial charge in [0.2, 0.25) is 11.8 Å². The highest BCUT2D eigenvalue weighted by Gasteiger charge is 2.28. The molecule has 0 saturated carbocycles. The third kappa shape index (κ3) is 4.94. The normalized spacial score (nSPS) is 14.0. The van der Waals surface area contributed by atoms with Crippen molar-refractivity contribution in [3.63, 3.8) is 0 Å². The minimum absolute atomic E-state index is 0.197. The molecule has 0 spiro atoms. The van der Waals surface area contributed by atoms with E-state index in [0.29, 0.717) is 16.9 Å². The van der Waals surface area contributed by atoms with Crippen LogP contribution in [0.3, 0.4) is 0 Å². The summed E-state index contributed by atoms with van der Waals surface area (Å²) in [6.07, 6.45) is -1.07. The van der Waals surface area contributed by atoms with Crippen molar-refractivity contribution >= 4 is 46.8 Å². The van der Waals surface area contributed by atoms with Gasteiger partial charge in [0.15, 0.2) is 6.10 Å². The Balaban J connectivity index is 1.58. The molecule has 150 valence electrons. The minimum atomic E-state index is -1.07. The number of nitrogens with one attached hydrogen (secondary N) is 1. The molecule has 9 heteroatoms. The van der Waals surface area contributed by atoms with Crippen LogP contribution in [-0.4, -0.2) is 42.1 Å². The van der Waals surface area contributed by atoms with E-state index in [0.717, 1.165) is 4.90 Å². The van der Waals surface area contributed by atoms with Crippen LogP contribution >= 0.6 is 11.8 Å². The van der Waals surface area contributed by atoms with Crippen LogP contribution in [0.1, 0.15) is 17.3 Å². The maximum Gasteiger partial charge on any atom is 0.326 e. The van der Waals surface area contributed by atoms with Crippen molar-refractivity contribution in [2.45, 2.75) is 17.9 Å². The Morgan fingerprint density at radius 1 is 1.17 bits per heavy atom. The van der Waals surface area contributed by atoms with Crippen molar-refractivity contribution in [1.82, 2.24) is 0 Å². The van der Waals surface area contributed by atoms with Crippen LogP contribution in [0.4, 0.5) is 11.4 Å². The first-order valence-electron chi connectivity index (χ1n) is 8.77. The first-order valence-corrected chi connectivity index (χ1v) is 9.76. The maximum absolute atomic E-state index is 12.3. The van der Waals surface area contributed by atoms with Gasteiger partial charge in [-0.25, -0.2) is 0 Å². The van der Waals surface area contributed by atoms with E-state index in [2.05, 4.69) is 5.32 Å². The molecule has 0 saturated heterocycles. The van der Waals surface area contributed by atoms with Gasteiger partial charge >= 0.3 is 5.97 Å². The molecule has 1 aliphatic heterocycles. The first kappa shape index (κ1) is 20.4. The Morgan fingerprint density at radius 3 is 2.55 bits per heavy atom. The first-order chi connectivity index (χ1) is 13.8. The number of carbonyl (C=O) groups excluding carboxylic acids is 4. The second-order valence-electron chi connectivity index (χ2n) is 6.30. The van der Waals surface area contributed by atoms with E-state index < -0.39 is 23.9 Å². The second-order valence-corrected chi connectivity index (χ2v) is 7.32. The number of hydrogen-bond acceptors (Lipinski definition) is 6. The average Bonchev–Trinajstić information content (AvgIpc) is 2.70. The van der Waals surface area contributed by atoms with E-state index in [4.69, 9.17) is 10.5 Å². The molecular weight excluding hydrogens is 394 g/mol. The average molecular weight is 413 g/mol. The van der Waals surface area contributed by atoms with Crippen LogP contribution in [0.2, 0.25) is 0 Å². The molecule has 1 atom stereocenters. The number of rotatable bonds is 6. The van der Waals surface area contributed by atoms with Gasteiger partial charge in [-0.05, 0) is 43.3 Å². The number of carbonyl (C=O) groups is 4. The summed E-state index contributed by atoms with van der Waals surface area (Å²) >= 11 is 1.41. The zero-order valence-electron chi connectivity index (χ0n) is 15.6. The number of nitrogens with two attached hydrogens (primary N) is 1. The van der Waals surface area contributed by atoms with E-state index >= 15 is 0 Å². The molecule has 2 aromatic rings. The van der Waals surface area contributed by atoms with Gasteiger partial charge < -0.3 is 15.8 Å². The standard InChI is InChI=1S/C20H19N3O5S/c1-12(20(27)22-14-8-6-13(7-9-14)19(21)26)28-18(25)10-23-15-4-2-3-5-16(15)29-11-17(23)24/h2-9,12H,10-11H2,1H3,(H2,21,26)(H,22,27). The molecule has 8 nitrogen and oxygen atoms in total. The molecular formula is C20H19N3O5S. The highest BCUT2D eigenvalue weighted by Crippen LogP contribution is 2.34. The van der Waals surface area contributed by atoms with Crippen molar-refractivity contribution in [2.24, 2.45) is 5.73 Å². The largest absolute Gasteiger partial charge is 0.451 e. The number of esters is 1. The number of para-hydroxylation sites is 1. The van der Waals surface area contributed by atoms with E-state index in [9.17, 15) is 19.2 Å². The van der Waals surface area contributed by atoms with Crippen LogP contribution in [0, 0.1) is 0 Å². The SMILES string of the molecule is CC(OC(=O)CN1C(=O)CSc2ccccc21)C(=O)Nc1ccc(C(N)=O)cc1. The molecule has 3 rings (SSSR count). The van der Waals surface area contributed by atoms with Gasteiger partial charge in [0.25, 0.3) is 5.91 Å². The predicted octanol–water partition coefficient (Wildman–Crippen LogP) is 1.79. The van der Waals surface area contributed by atoms with E-state index in [1.165, 1.54) is 47.9 Å². The molecule has 29 heavy (non-hydrogen) atoms. The van der Waals surface area contributed by atoms with Gasteiger partial charge in [0.1, 0.15) is 6.54 Å². The van der Waals surface area contributed by atoms with E-state index in [1.807, 2.05) is 12.1 Å². The third-order valence-corrected chi connectivity index (χ3v) is 5.26. The van der Waals surface area contributed by atoms with Crippen LogP contribution in [-0.2, 0) is 19.1 Å². The molecule has 0 radical (unpaired) electrons. The topological polar surface area (TPSA) is 119 Å². The lowest BCUT2D eigenvalue weighted by Crippen LogP contribution is -2.41. The zero-order valence-corrected chi connectivity index (χ0v) is 16.4. The number of ether oxygens (including phenoxy) is 1. The van der Waals surface area contributed by atoms with Crippen molar-refractivity contribution in [3.8, 4) is 0 Å². The number of thioether (sulfide) groups is 1. The molecule has 0 aliphatic carbocycles. The Labute approximate surface area is 171 Å². The lowest BCUT2D eigenvalue weighted by Gasteiger charge is -2.28. The lowest BCUT2D eigenvalue weighted by molar-refractivity contribution is -0.152. The molecule has 1 unspecified atom stereocenters. The summed E-state index contributed by atoms with van der Waals surface area (Å²) in [5.41, 5.74) is 6.56. The van der Waals surface area contributed by atoms with Crippen molar-refractivity contribution in [3.05, 3.63) is 54.1 Å². The van der Waals surface area contributed by atoms with Gasteiger partial charge in [0, 0.05) is 16.1 Å². The number of primary amides is 1. The molecule has 0 aromatic heterocycles. The number of fused-ring (bicyclic) bond motifs is 1. The molecule has 0 fully saturated rings. The third-order valence-electron chi connectivity index (χ3n) is 4.21. The molecule has 1 heterocycles. The number of benzene rings is 2. The minimum Gasteiger partial charge on any atom is -0.451 e. The molecule has 3 amide bonds. The Bertz CT molecular complexity index is 961. The molecule has 1 aliphatic rings. The van der Waals surface area contributed by atoms with Gasteiger partial charge in [-0.1, -0.05) is 12.1 Å². The zero-order chi connectivity index (χ0) is 21.0. The molecule has 3 N–H and O–H groups in total. The van der Waals surface area contributed by atoms with E-state index in [-0.39, 0.29) is 18.2 Å². The summed E-state index contributed by atoms with van der Waals surface area (Å²) < 4.78 is 5.19. The summed E-state index contributed by atoms with van der Waals surface area (Å²) in [5, 5.41) is 2.59. The Kier molecular flexibility index (Phi) is 6.18. The van der Waals surface area contributed by atoms with Gasteiger partial charge in [-0.3, -0.25) is 24.1 Å². The number of hydrogen-bond donors (Lipinski definition) is 2. The van der Waals surface area contributed by atoms with E-state index in [1.54, 1.807) is 12.1 Å². The van der Waals surface area contributed by atoms with Crippen LogP contribution in [0.5, 0.6) is 0 Å². The van der Waals surface area contributed by atoms with Crippen LogP contribution < -0.4 is 16.0 Å². The molecule has 0 bridgehead atoms. The fourth-order valence-corrected chi connectivity index (χ4v) is 3.64. The van der Waals surface area contributed by atoms with Crippen LogP contribution in [0.25, 0.3) is 0 Å². The maximum atomic E-state index is 12.3. The number of anilines is 2. The monoisotopic (exact) mass is 413 g/mol. The predicted molar refractivity (Wildman–Crippen MR) is 109 cm³/mol. The van der Waals surface area contributed by atoms with Gasteiger partial charge in [0.05, 0.1) is 11.4 Å². The highest BCUT2D eigenvalue weighted by atomic mass is 32.2. The Hall–Kier alpha value is -3.33. The summed E-state index contributed by atoms with van der Waals surface area (Å²) in [7, 11) is 0. The highest BCUT2D eigenvalue weighted by molar-refractivity contribution is 8.00. The van der Waals surface area contributed by atoms with Crippen molar-refractivity contribution < 1.29 is 23.9 Å². The number of nitrogens with zero attached hydrogens (tertiary/aromatic N) is 1. The number of amides is 3. The van der Waals surface area contributed by atoms with Crippen molar-refractivity contribution in [1.29, 1.82) is 0 Å². The van der Waals surface area contributed by atoms with Gasteiger partial charge in [-0.2, -0.15) is 0 Å².